The standard InChI is InChI=1S/C19H28N2O4/c22-18-4-1-2-8-20(18)9-3-5-19(23)21-10-13-25-15-17(21)14-16-6-11-24-12-7-16/h1-2,4,8,16-17H,3,5-7,9-15H2. The molecule has 2 fully saturated rings. The molecule has 1 unspecified atom stereocenters. The smallest absolute Gasteiger partial charge is 0.250 e. The molecule has 0 aromatic carbocycles. The Balaban J connectivity index is 1.50. The lowest BCUT2D eigenvalue weighted by Gasteiger charge is -2.38. The minimum absolute atomic E-state index is 0.0151. The Morgan fingerprint density at radius 3 is 2.80 bits per heavy atom. The summed E-state index contributed by atoms with van der Waals surface area (Å²) in [6, 6.07) is 5.31. The minimum Gasteiger partial charge on any atom is -0.381 e. The summed E-state index contributed by atoms with van der Waals surface area (Å²) in [5.41, 5.74) is -0.0151. The SMILES string of the molecule is O=C(CCCn1ccccc1=O)N1CCOCC1CC1CCOCC1. The number of morpholine rings is 1. The first-order valence-electron chi connectivity index (χ1n) is 9.34. The third-order valence-corrected chi connectivity index (χ3v) is 5.18. The largest absolute Gasteiger partial charge is 0.381 e. The number of carbonyl (C=O) groups excluding carboxylic acids is 1. The van der Waals surface area contributed by atoms with Gasteiger partial charge >= 0.3 is 0 Å². The molecule has 1 aromatic heterocycles. The average molecular weight is 348 g/mol. The van der Waals surface area contributed by atoms with Crippen LogP contribution < -0.4 is 5.56 Å². The van der Waals surface area contributed by atoms with Crippen molar-refractivity contribution in [1.82, 2.24) is 9.47 Å². The zero-order valence-corrected chi connectivity index (χ0v) is 14.8. The van der Waals surface area contributed by atoms with Gasteiger partial charge in [0, 0.05) is 45.0 Å². The lowest BCUT2D eigenvalue weighted by Crippen LogP contribution is -2.49. The summed E-state index contributed by atoms with van der Waals surface area (Å²) >= 11 is 0. The van der Waals surface area contributed by atoms with Crippen LogP contribution in [0.15, 0.2) is 29.2 Å². The summed E-state index contributed by atoms with van der Waals surface area (Å²) in [6.07, 6.45) is 6.10. The first-order valence-corrected chi connectivity index (χ1v) is 9.34. The van der Waals surface area contributed by atoms with Crippen LogP contribution in [0.1, 0.15) is 32.1 Å². The molecule has 2 aliphatic heterocycles. The summed E-state index contributed by atoms with van der Waals surface area (Å²) in [6.45, 7) is 4.18. The first-order chi connectivity index (χ1) is 12.2. The van der Waals surface area contributed by atoms with Gasteiger partial charge in [-0.2, -0.15) is 0 Å². The molecule has 0 N–H and O–H groups in total. The monoisotopic (exact) mass is 348 g/mol. The summed E-state index contributed by atoms with van der Waals surface area (Å²) in [7, 11) is 0. The van der Waals surface area contributed by atoms with Gasteiger partial charge in [0.2, 0.25) is 11.5 Å². The van der Waals surface area contributed by atoms with Crippen LogP contribution in [0.3, 0.4) is 0 Å². The molecule has 6 nitrogen and oxygen atoms in total. The van der Waals surface area contributed by atoms with Gasteiger partial charge < -0.3 is 18.9 Å². The molecule has 0 saturated carbocycles. The van der Waals surface area contributed by atoms with Crippen LogP contribution in [0.5, 0.6) is 0 Å². The lowest BCUT2D eigenvalue weighted by atomic mass is 9.91. The number of aryl methyl sites for hydroxylation is 1. The molecule has 2 aliphatic rings. The van der Waals surface area contributed by atoms with Gasteiger partial charge in [-0.05, 0) is 37.7 Å². The number of amides is 1. The number of nitrogens with zero attached hydrogens (tertiary/aromatic N) is 2. The Morgan fingerprint density at radius 1 is 1.16 bits per heavy atom. The molecular formula is C19H28N2O4. The number of rotatable bonds is 6. The van der Waals surface area contributed by atoms with Gasteiger partial charge in [0.15, 0.2) is 0 Å². The van der Waals surface area contributed by atoms with Crippen molar-refractivity contribution >= 4 is 5.91 Å². The molecule has 3 rings (SSSR count). The Labute approximate surface area is 148 Å². The van der Waals surface area contributed by atoms with E-state index >= 15 is 0 Å². The average Bonchev–Trinajstić information content (AvgIpc) is 2.64. The zero-order chi connectivity index (χ0) is 17.5. The second kappa shape index (κ2) is 9.15. The number of aromatic nitrogens is 1. The van der Waals surface area contributed by atoms with E-state index in [0.29, 0.717) is 45.1 Å². The topological polar surface area (TPSA) is 60.8 Å². The third-order valence-electron chi connectivity index (χ3n) is 5.18. The van der Waals surface area contributed by atoms with Crippen molar-refractivity contribution in [2.24, 2.45) is 5.92 Å². The molecule has 0 radical (unpaired) electrons. The Hall–Kier alpha value is -1.66. The van der Waals surface area contributed by atoms with Crippen LogP contribution in [-0.2, 0) is 20.8 Å². The summed E-state index contributed by atoms with van der Waals surface area (Å²) in [5.74, 6) is 0.808. The maximum absolute atomic E-state index is 12.7. The van der Waals surface area contributed by atoms with Crippen molar-refractivity contribution in [1.29, 1.82) is 0 Å². The van der Waals surface area contributed by atoms with Gasteiger partial charge in [0.1, 0.15) is 0 Å². The van der Waals surface area contributed by atoms with Gasteiger partial charge in [-0.25, -0.2) is 0 Å². The number of hydrogen-bond acceptors (Lipinski definition) is 4. The summed E-state index contributed by atoms with van der Waals surface area (Å²) in [4.78, 5) is 26.4. The zero-order valence-electron chi connectivity index (χ0n) is 14.8. The fraction of sp³-hybridized carbons (Fsp3) is 0.684. The summed E-state index contributed by atoms with van der Waals surface area (Å²) in [5, 5.41) is 0. The Bertz CT molecular complexity index is 609. The van der Waals surface area contributed by atoms with Crippen LogP contribution in [0, 0.1) is 5.92 Å². The van der Waals surface area contributed by atoms with Crippen LogP contribution in [0.2, 0.25) is 0 Å². The van der Waals surface area contributed by atoms with Crippen molar-refractivity contribution in [2.45, 2.75) is 44.7 Å². The molecule has 1 aromatic rings. The Kier molecular flexibility index (Phi) is 6.64. The van der Waals surface area contributed by atoms with Crippen LogP contribution >= 0.6 is 0 Å². The van der Waals surface area contributed by atoms with E-state index in [2.05, 4.69) is 0 Å². The first kappa shape index (κ1) is 18.1. The highest BCUT2D eigenvalue weighted by Gasteiger charge is 2.29. The van der Waals surface area contributed by atoms with Crippen LogP contribution in [0.4, 0.5) is 0 Å². The predicted octanol–water partition coefficient (Wildman–Crippen LogP) is 1.67. The van der Waals surface area contributed by atoms with Gasteiger partial charge in [0.25, 0.3) is 0 Å². The number of ether oxygens (including phenoxy) is 2. The van der Waals surface area contributed by atoms with Crippen molar-refractivity contribution in [3.05, 3.63) is 34.7 Å². The van der Waals surface area contributed by atoms with Crippen LogP contribution in [0.25, 0.3) is 0 Å². The van der Waals surface area contributed by atoms with Gasteiger partial charge in [-0.3, -0.25) is 9.59 Å². The van der Waals surface area contributed by atoms with Crippen molar-refractivity contribution in [3.8, 4) is 0 Å². The molecule has 25 heavy (non-hydrogen) atoms. The fourth-order valence-electron chi connectivity index (χ4n) is 3.73. The molecule has 6 heteroatoms. The van der Waals surface area contributed by atoms with E-state index in [9.17, 15) is 9.59 Å². The molecule has 1 amide bonds. The van der Waals surface area contributed by atoms with E-state index in [1.54, 1.807) is 22.9 Å². The second-order valence-electron chi connectivity index (χ2n) is 6.94. The van der Waals surface area contributed by atoms with Crippen molar-refractivity contribution in [2.75, 3.05) is 33.0 Å². The van der Waals surface area contributed by atoms with E-state index in [0.717, 1.165) is 32.5 Å². The maximum atomic E-state index is 12.7. The number of pyridine rings is 1. The minimum atomic E-state index is -0.0151. The lowest BCUT2D eigenvalue weighted by molar-refractivity contribution is -0.141. The van der Waals surface area contributed by atoms with Gasteiger partial charge in [0.05, 0.1) is 19.3 Å². The number of carbonyl (C=O) groups is 1. The molecule has 1 atom stereocenters. The third kappa shape index (κ3) is 5.16. The second-order valence-corrected chi connectivity index (χ2v) is 6.94. The molecular weight excluding hydrogens is 320 g/mol. The highest BCUT2D eigenvalue weighted by Crippen LogP contribution is 2.24. The van der Waals surface area contributed by atoms with Gasteiger partial charge in [-0.15, -0.1) is 0 Å². The molecule has 2 saturated heterocycles. The molecule has 0 bridgehead atoms. The quantitative estimate of drug-likeness (QED) is 0.785. The molecule has 3 heterocycles. The number of hydrogen-bond donors (Lipinski definition) is 0. The summed E-state index contributed by atoms with van der Waals surface area (Å²) < 4.78 is 12.7. The fourth-order valence-corrected chi connectivity index (χ4v) is 3.73. The molecule has 0 spiro atoms. The van der Waals surface area contributed by atoms with Gasteiger partial charge in [-0.1, -0.05) is 6.07 Å². The molecule has 0 aliphatic carbocycles. The van der Waals surface area contributed by atoms with Crippen LogP contribution in [-0.4, -0.2) is 54.4 Å². The highest BCUT2D eigenvalue weighted by atomic mass is 16.5. The van der Waals surface area contributed by atoms with E-state index in [-0.39, 0.29) is 17.5 Å². The highest BCUT2D eigenvalue weighted by molar-refractivity contribution is 5.76. The maximum Gasteiger partial charge on any atom is 0.250 e. The van der Waals surface area contributed by atoms with Crippen molar-refractivity contribution in [3.63, 3.8) is 0 Å². The Morgan fingerprint density at radius 2 is 2.00 bits per heavy atom. The predicted molar refractivity (Wildman–Crippen MR) is 94.4 cm³/mol. The molecule has 138 valence electrons. The van der Waals surface area contributed by atoms with E-state index in [4.69, 9.17) is 9.47 Å². The van der Waals surface area contributed by atoms with E-state index < -0.39 is 0 Å². The van der Waals surface area contributed by atoms with E-state index in [1.165, 1.54) is 0 Å². The normalized spacial score (nSPS) is 22.1. The van der Waals surface area contributed by atoms with E-state index in [1.807, 2.05) is 11.0 Å². The van der Waals surface area contributed by atoms with Crippen molar-refractivity contribution < 1.29 is 14.3 Å².